The van der Waals surface area contributed by atoms with Crippen molar-refractivity contribution < 1.29 is 27.4 Å². The maximum Gasteiger partial charge on any atom is 0.422 e. The molecule has 0 radical (unpaired) electrons. The molecule has 2 aromatic heterocycles. The number of pyridine rings is 2. The molecule has 3 aromatic rings. The first-order valence-electron chi connectivity index (χ1n) is 10.9. The van der Waals surface area contributed by atoms with E-state index in [1.165, 1.54) is 18.3 Å². The highest BCUT2D eigenvalue weighted by atomic mass is 19.4. The summed E-state index contributed by atoms with van der Waals surface area (Å²) in [7, 11) is 1.59. The van der Waals surface area contributed by atoms with Gasteiger partial charge in [0, 0.05) is 43.0 Å². The van der Waals surface area contributed by atoms with Crippen LogP contribution in [0.3, 0.4) is 0 Å². The fourth-order valence-corrected chi connectivity index (χ4v) is 4.20. The first kappa shape index (κ1) is 23.5. The highest BCUT2D eigenvalue weighted by Gasteiger charge is 2.29. The van der Waals surface area contributed by atoms with Crippen molar-refractivity contribution in [2.75, 3.05) is 26.8 Å². The summed E-state index contributed by atoms with van der Waals surface area (Å²) in [4.78, 5) is 23.0. The van der Waals surface area contributed by atoms with Crippen molar-refractivity contribution in [3.8, 4) is 22.9 Å². The molecule has 3 heterocycles. The Morgan fingerprint density at radius 2 is 1.88 bits per heavy atom. The number of ether oxygens (including phenoxy) is 2. The Morgan fingerprint density at radius 3 is 2.62 bits per heavy atom. The number of alkyl halides is 3. The van der Waals surface area contributed by atoms with Gasteiger partial charge >= 0.3 is 6.18 Å². The number of aromatic nitrogens is 2. The lowest BCUT2D eigenvalue weighted by atomic mass is 9.85. The molecule has 0 aliphatic carbocycles. The summed E-state index contributed by atoms with van der Waals surface area (Å²) >= 11 is 0. The Balaban J connectivity index is 1.51. The second-order valence-corrected chi connectivity index (χ2v) is 8.03. The molecule has 0 saturated carbocycles. The fraction of sp³-hybridized carbons (Fsp3) is 0.320. The van der Waals surface area contributed by atoms with Crippen molar-refractivity contribution >= 4 is 5.91 Å². The molecule has 6 nitrogen and oxygen atoms in total. The minimum atomic E-state index is -4.45. The SMILES string of the molecule is COc1ncccc1-c1ccccc1C1CCCN(C(=O)c2ccc(OCC(F)(F)F)nc2)C1. The average molecular weight is 471 g/mol. The molecule has 4 rings (SSSR count). The van der Waals surface area contributed by atoms with E-state index in [0.29, 0.717) is 24.5 Å². The quantitative estimate of drug-likeness (QED) is 0.500. The van der Waals surface area contributed by atoms with Gasteiger partial charge < -0.3 is 14.4 Å². The number of likely N-dealkylation sites (tertiary alicyclic amines) is 1. The third-order valence-electron chi connectivity index (χ3n) is 5.73. The number of rotatable bonds is 6. The van der Waals surface area contributed by atoms with Gasteiger partial charge in [-0.15, -0.1) is 0 Å². The number of piperidine rings is 1. The van der Waals surface area contributed by atoms with Crippen LogP contribution in [0.2, 0.25) is 0 Å². The predicted octanol–water partition coefficient (Wildman–Crippen LogP) is 5.11. The second-order valence-electron chi connectivity index (χ2n) is 8.03. The van der Waals surface area contributed by atoms with E-state index in [9.17, 15) is 18.0 Å². The molecule has 0 bridgehead atoms. The second kappa shape index (κ2) is 10.1. The van der Waals surface area contributed by atoms with E-state index in [0.717, 1.165) is 29.5 Å². The molecule has 9 heteroatoms. The first-order chi connectivity index (χ1) is 16.4. The van der Waals surface area contributed by atoms with E-state index in [2.05, 4.69) is 20.8 Å². The van der Waals surface area contributed by atoms with Crippen molar-refractivity contribution in [3.05, 3.63) is 72.1 Å². The van der Waals surface area contributed by atoms with Crippen LogP contribution in [-0.4, -0.2) is 53.8 Å². The maximum atomic E-state index is 13.1. The smallest absolute Gasteiger partial charge is 0.422 e. The lowest BCUT2D eigenvalue weighted by Crippen LogP contribution is -2.39. The van der Waals surface area contributed by atoms with Gasteiger partial charge in [0.05, 0.1) is 12.7 Å². The molecule has 1 unspecified atom stereocenters. The zero-order valence-electron chi connectivity index (χ0n) is 18.6. The number of carbonyl (C=O) groups is 1. The summed E-state index contributed by atoms with van der Waals surface area (Å²) < 4.78 is 47.0. The Kier molecular flexibility index (Phi) is 7.00. The topological polar surface area (TPSA) is 64.5 Å². The molecule has 1 fully saturated rings. The van der Waals surface area contributed by atoms with E-state index >= 15 is 0 Å². The molecule has 1 saturated heterocycles. The van der Waals surface area contributed by atoms with Crippen LogP contribution in [0.5, 0.6) is 11.8 Å². The molecular formula is C25H24F3N3O3. The van der Waals surface area contributed by atoms with E-state index in [1.807, 2.05) is 30.3 Å². The van der Waals surface area contributed by atoms with E-state index in [1.54, 1.807) is 18.2 Å². The van der Waals surface area contributed by atoms with Crippen LogP contribution in [0.4, 0.5) is 13.2 Å². The van der Waals surface area contributed by atoms with E-state index < -0.39 is 12.8 Å². The summed E-state index contributed by atoms with van der Waals surface area (Å²) in [5.41, 5.74) is 3.32. The van der Waals surface area contributed by atoms with E-state index in [-0.39, 0.29) is 17.7 Å². The maximum absolute atomic E-state index is 13.1. The van der Waals surface area contributed by atoms with Gasteiger partial charge in [0.25, 0.3) is 5.91 Å². The van der Waals surface area contributed by atoms with Crippen molar-refractivity contribution in [2.24, 2.45) is 0 Å². The molecule has 1 atom stereocenters. The molecule has 1 aromatic carbocycles. The third-order valence-corrected chi connectivity index (χ3v) is 5.73. The molecule has 1 amide bonds. The molecule has 178 valence electrons. The molecule has 34 heavy (non-hydrogen) atoms. The molecule has 0 spiro atoms. The van der Waals surface area contributed by atoms with Crippen molar-refractivity contribution in [2.45, 2.75) is 24.9 Å². The van der Waals surface area contributed by atoms with Gasteiger partial charge in [-0.1, -0.05) is 24.3 Å². The summed E-state index contributed by atoms with van der Waals surface area (Å²) in [6, 6.07) is 14.6. The van der Waals surface area contributed by atoms with Crippen molar-refractivity contribution in [1.29, 1.82) is 0 Å². The molecule has 1 aliphatic rings. The van der Waals surface area contributed by atoms with Crippen molar-refractivity contribution in [1.82, 2.24) is 14.9 Å². The summed E-state index contributed by atoms with van der Waals surface area (Å²) in [5.74, 6) is 0.263. The Labute approximate surface area is 195 Å². The predicted molar refractivity (Wildman–Crippen MR) is 120 cm³/mol. The van der Waals surface area contributed by atoms with Gasteiger partial charge in [0.15, 0.2) is 6.61 Å². The van der Waals surface area contributed by atoms with Crippen LogP contribution in [0.25, 0.3) is 11.1 Å². The molecular weight excluding hydrogens is 447 g/mol. The average Bonchev–Trinajstić information content (AvgIpc) is 2.87. The summed E-state index contributed by atoms with van der Waals surface area (Å²) in [6.07, 6.45) is 0.238. The highest BCUT2D eigenvalue weighted by Crippen LogP contribution is 2.37. The van der Waals surface area contributed by atoms with Gasteiger partial charge in [-0.3, -0.25) is 4.79 Å². The van der Waals surface area contributed by atoms with Crippen LogP contribution in [0.1, 0.15) is 34.7 Å². The number of methoxy groups -OCH3 is 1. The number of hydrogen-bond donors (Lipinski definition) is 0. The minimum absolute atomic E-state index is 0.112. The normalized spacial score (nSPS) is 16.2. The molecule has 0 N–H and O–H groups in total. The van der Waals surface area contributed by atoms with Crippen LogP contribution in [-0.2, 0) is 0 Å². The number of halogens is 3. The van der Waals surface area contributed by atoms with Gasteiger partial charge in [-0.2, -0.15) is 13.2 Å². The van der Waals surface area contributed by atoms with Gasteiger partial charge in [-0.25, -0.2) is 9.97 Å². The molecule has 1 aliphatic heterocycles. The zero-order chi connectivity index (χ0) is 24.1. The lowest BCUT2D eigenvalue weighted by molar-refractivity contribution is -0.154. The van der Waals surface area contributed by atoms with Gasteiger partial charge in [0.2, 0.25) is 11.8 Å². The zero-order valence-corrected chi connectivity index (χ0v) is 18.6. The van der Waals surface area contributed by atoms with Crippen LogP contribution in [0, 0.1) is 0 Å². The largest absolute Gasteiger partial charge is 0.481 e. The van der Waals surface area contributed by atoms with Gasteiger partial charge in [-0.05, 0) is 42.2 Å². The first-order valence-corrected chi connectivity index (χ1v) is 10.9. The lowest BCUT2D eigenvalue weighted by Gasteiger charge is -2.34. The fourth-order valence-electron chi connectivity index (χ4n) is 4.20. The number of amides is 1. The van der Waals surface area contributed by atoms with Gasteiger partial charge in [0.1, 0.15) is 0 Å². The number of nitrogens with zero attached hydrogens (tertiary/aromatic N) is 3. The van der Waals surface area contributed by atoms with Crippen LogP contribution in [0.15, 0.2) is 60.9 Å². The summed E-state index contributed by atoms with van der Waals surface area (Å²) in [5, 5.41) is 0. The number of benzene rings is 1. The Morgan fingerprint density at radius 1 is 1.09 bits per heavy atom. The van der Waals surface area contributed by atoms with E-state index in [4.69, 9.17) is 4.74 Å². The van der Waals surface area contributed by atoms with Crippen LogP contribution < -0.4 is 9.47 Å². The van der Waals surface area contributed by atoms with Crippen LogP contribution >= 0.6 is 0 Å². The summed E-state index contributed by atoms with van der Waals surface area (Å²) in [6.45, 7) is -0.312. The highest BCUT2D eigenvalue weighted by molar-refractivity contribution is 5.94. The number of carbonyl (C=O) groups excluding carboxylic acids is 1. The minimum Gasteiger partial charge on any atom is -0.481 e. The Hall–Kier alpha value is -3.62. The van der Waals surface area contributed by atoms with Crippen molar-refractivity contribution in [3.63, 3.8) is 0 Å². The number of hydrogen-bond acceptors (Lipinski definition) is 5. The third kappa shape index (κ3) is 5.47. The Bertz CT molecular complexity index is 1140. The standard InChI is InChI=1S/C25H24F3N3O3/c1-33-23-21(9-4-12-29-23)20-8-3-2-7-19(20)18-6-5-13-31(15-18)24(32)17-10-11-22(30-14-17)34-16-25(26,27)28/h2-4,7-12,14,18H,5-6,13,15-16H2,1H3. The monoisotopic (exact) mass is 471 g/mol.